The van der Waals surface area contributed by atoms with E-state index in [9.17, 15) is 0 Å². The van der Waals surface area contributed by atoms with Crippen LogP contribution in [0.5, 0.6) is 0 Å². The minimum absolute atomic E-state index is 0.612. The lowest BCUT2D eigenvalue weighted by Gasteiger charge is -2.47. The number of hydrogen-bond donors (Lipinski definition) is 1. The van der Waals surface area contributed by atoms with Crippen LogP contribution in [0.15, 0.2) is 18.2 Å². The number of nitrogens with zero attached hydrogens (tertiary/aromatic N) is 2. The van der Waals surface area contributed by atoms with Crippen molar-refractivity contribution in [2.24, 2.45) is 0 Å². The zero-order chi connectivity index (χ0) is 14.1. The second-order valence-electron chi connectivity index (χ2n) is 6.28. The molecule has 20 heavy (non-hydrogen) atoms. The molecule has 110 valence electrons. The molecule has 3 rings (SSSR count). The lowest BCUT2D eigenvalue weighted by atomic mass is 9.96. The lowest BCUT2D eigenvalue weighted by molar-refractivity contribution is 0.0111. The fourth-order valence-corrected chi connectivity index (χ4v) is 3.68. The second kappa shape index (κ2) is 5.92. The number of piperazine rings is 1. The summed E-state index contributed by atoms with van der Waals surface area (Å²) in [5.74, 6) is 0. The van der Waals surface area contributed by atoms with Gasteiger partial charge in [0.1, 0.15) is 0 Å². The first-order valence-corrected chi connectivity index (χ1v) is 8.03. The van der Waals surface area contributed by atoms with E-state index < -0.39 is 0 Å². The Labute approximate surface area is 126 Å². The van der Waals surface area contributed by atoms with Crippen LogP contribution in [0, 0.1) is 0 Å². The summed E-state index contributed by atoms with van der Waals surface area (Å²) >= 11 is 6.00. The van der Waals surface area contributed by atoms with E-state index in [4.69, 9.17) is 17.3 Å². The van der Waals surface area contributed by atoms with Crippen molar-refractivity contribution in [3.63, 3.8) is 0 Å². The monoisotopic (exact) mass is 293 g/mol. The second-order valence-corrected chi connectivity index (χ2v) is 6.69. The highest BCUT2D eigenvalue weighted by Crippen LogP contribution is 2.26. The van der Waals surface area contributed by atoms with Crippen LogP contribution < -0.4 is 5.73 Å². The van der Waals surface area contributed by atoms with Gasteiger partial charge < -0.3 is 5.73 Å². The van der Waals surface area contributed by atoms with Crippen molar-refractivity contribution in [1.29, 1.82) is 0 Å². The van der Waals surface area contributed by atoms with E-state index in [1.165, 1.54) is 44.5 Å². The molecule has 4 heteroatoms. The normalized spacial score (nSPS) is 28.3. The van der Waals surface area contributed by atoms with Gasteiger partial charge in [0.15, 0.2) is 0 Å². The molecule has 1 aromatic rings. The van der Waals surface area contributed by atoms with E-state index in [1.807, 2.05) is 12.1 Å². The molecule has 2 atom stereocenters. The van der Waals surface area contributed by atoms with Crippen molar-refractivity contribution in [1.82, 2.24) is 9.80 Å². The van der Waals surface area contributed by atoms with Gasteiger partial charge in [-0.15, -0.1) is 0 Å². The fourth-order valence-electron chi connectivity index (χ4n) is 3.56. The van der Waals surface area contributed by atoms with Gasteiger partial charge in [-0.2, -0.15) is 0 Å². The summed E-state index contributed by atoms with van der Waals surface area (Å²) in [6, 6.07) is 7.39. The predicted molar refractivity (Wildman–Crippen MR) is 84.9 cm³/mol. The summed E-state index contributed by atoms with van der Waals surface area (Å²) in [5.41, 5.74) is 7.86. The number of nitrogen functional groups attached to an aromatic ring is 1. The Morgan fingerprint density at radius 2 is 2.15 bits per heavy atom. The molecule has 2 N–H and O–H groups in total. The van der Waals surface area contributed by atoms with E-state index in [0.717, 1.165) is 12.6 Å². The van der Waals surface area contributed by atoms with Gasteiger partial charge in [-0.3, -0.25) is 9.80 Å². The van der Waals surface area contributed by atoms with Gasteiger partial charge in [0, 0.05) is 31.7 Å². The van der Waals surface area contributed by atoms with E-state index in [0.29, 0.717) is 16.8 Å². The van der Waals surface area contributed by atoms with Crippen LogP contribution in [0.2, 0.25) is 5.02 Å². The van der Waals surface area contributed by atoms with Crippen molar-refractivity contribution < 1.29 is 0 Å². The molecule has 0 aliphatic carbocycles. The van der Waals surface area contributed by atoms with Crippen molar-refractivity contribution in [3.05, 3.63) is 28.8 Å². The number of hydrogen-bond acceptors (Lipinski definition) is 3. The third-order valence-electron chi connectivity index (χ3n) is 4.76. The van der Waals surface area contributed by atoms with Gasteiger partial charge >= 0.3 is 0 Å². The average Bonchev–Trinajstić information content (AvgIpc) is 2.44. The smallest absolute Gasteiger partial charge is 0.0635 e. The summed E-state index contributed by atoms with van der Waals surface area (Å²) in [5, 5.41) is 0.652. The summed E-state index contributed by atoms with van der Waals surface area (Å²) in [6.07, 6.45) is 4.11. The number of halogens is 1. The summed E-state index contributed by atoms with van der Waals surface area (Å²) in [4.78, 5) is 5.27. The molecule has 2 unspecified atom stereocenters. The highest BCUT2D eigenvalue weighted by atomic mass is 35.5. The maximum atomic E-state index is 6.00. The molecular formula is C16H24ClN3. The molecule has 0 radical (unpaired) electrons. The number of benzene rings is 1. The minimum Gasteiger partial charge on any atom is -0.398 e. The topological polar surface area (TPSA) is 32.5 Å². The fraction of sp³-hybridized carbons (Fsp3) is 0.625. The lowest BCUT2D eigenvalue weighted by Crippen LogP contribution is -2.58. The van der Waals surface area contributed by atoms with Crippen LogP contribution in [0.1, 0.15) is 31.7 Å². The molecule has 0 saturated carbocycles. The zero-order valence-electron chi connectivity index (χ0n) is 12.2. The Morgan fingerprint density at radius 1 is 1.30 bits per heavy atom. The third kappa shape index (κ3) is 2.95. The molecule has 1 aromatic carbocycles. The van der Waals surface area contributed by atoms with Crippen LogP contribution in [-0.2, 0) is 6.54 Å². The van der Waals surface area contributed by atoms with Gasteiger partial charge in [-0.05, 0) is 44.0 Å². The number of anilines is 1. The van der Waals surface area contributed by atoms with Crippen molar-refractivity contribution in [2.45, 2.75) is 44.8 Å². The van der Waals surface area contributed by atoms with E-state index in [1.54, 1.807) is 0 Å². The molecular weight excluding hydrogens is 270 g/mol. The molecule has 0 spiro atoms. The Kier molecular flexibility index (Phi) is 4.20. The van der Waals surface area contributed by atoms with E-state index >= 15 is 0 Å². The first-order valence-electron chi connectivity index (χ1n) is 7.65. The molecule has 2 aliphatic rings. The molecule has 0 amide bonds. The molecule has 0 aromatic heterocycles. The van der Waals surface area contributed by atoms with Crippen molar-refractivity contribution >= 4 is 17.3 Å². The van der Waals surface area contributed by atoms with Gasteiger partial charge in [0.05, 0.1) is 10.7 Å². The van der Waals surface area contributed by atoms with E-state index in [-0.39, 0.29) is 0 Å². The Balaban J connectivity index is 1.68. The number of piperidine rings is 1. The largest absolute Gasteiger partial charge is 0.398 e. The predicted octanol–water partition coefficient (Wildman–Crippen LogP) is 2.98. The van der Waals surface area contributed by atoms with Gasteiger partial charge in [-0.1, -0.05) is 24.1 Å². The molecule has 3 nitrogen and oxygen atoms in total. The van der Waals surface area contributed by atoms with Crippen molar-refractivity contribution in [3.8, 4) is 0 Å². The van der Waals surface area contributed by atoms with Crippen LogP contribution in [0.4, 0.5) is 5.69 Å². The van der Waals surface area contributed by atoms with Crippen LogP contribution in [-0.4, -0.2) is 41.5 Å². The highest BCUT2D eigenvalue weighted by molar-refractivity contribution is 6.33. The van der Waals surface area contributed by atoms with Crippen molar-refractivity contribution in [2.75, 3.05) is 25.4 Å². The van der Waals surface area contributed by atoms with Gasteiger partial charge in [0.2, 0.25) is 0 Å². The molecule has 0 bridgehead atoms. The highest BCUT2D eigenvalue weighted by Gasteiger charge is 2.32. The maximum Gasteiger partial charge on any atom is 0.0635 e. The van der Waals surface area contributed by atoms with Crippen LogP contribution >= 0.6 is 11.6 Å². The van der Waals surface area contributed by atoms with E-state index in [2.05, 4.69) is 22.8 Å². The van der Waals surface area contributed by atoms with Crippen LogP contribution in [0.3, 0.4) is 0 Å². The third-order valence-corrected chi connectivity index (χ3v) is 5.11. The number of rotatable bonds is 2. The van der Waals surface area contributed by atoms with Gasteiger partial charge in [0.25, 0.3) is 0 Å². The molecule has 2 heterocycles. The maximum absolute atomic E-state index is 6.00. The minimum atomic E-state index is 0.612. The average molecular weight is 294 g/mol. The Bertz CT molecular complexity index is 477. The Hall–Kier alpha value is -0.770. The molecule has 2 fully saturated rings. The summed E-state index contributed by atoms with van der Waals surface area (Å²) in [7, 11) is 0. The SMILES string of the molecule is CC1CN2CCCCC2CN1Cc1ccc(Cl)c(N)c1. The zero-order valence-corrected chi connectivity index (χ0v) is 12.9. The Morgan fingerprint density at radius 3 is 2.95 bits per heavy atom. The summed E-state index contributed by atoms with van der Waals surface area (Å²) in [6.45, 7) is 6.99. The summed E-state index contributed by atoms with van der Waals surface area (Å²) < 4.78 is 0. The molecule has 2 aliphatic heterocycles. The first-order chi connectivity index (χ1) is 9.63. The standard InChI is InChI=1S/C16H24ClN3/c1-12-9-19-7-3-2-4-14(19)11-20(12)10-13-5-6-15(17)16(18)8-13/h5-6,8,12,14H,2-4,7,9-11,18H2,1H3. The quantitative estimate of drug-likeness (QED) is 0.851. The van der Waals surface area contributed by atoms with Gasteiger partial charge in [-0.25, -0.2) is 0 Å². The first kappa shape index (κ1) is 14.2. The van der Waals surface area contributed by atoms with Crippen LogP contribution in [0.25, 0.3) is 0 Å². The molecule has 2 saturated heterocycles. The number of fused-ring (bicyclic) bond motifs is 1. The number of nitrogens with two attached hydrogens (primary N) is 1.